The minimum atomic E-state index is -0.368. The molecule has 5 heterocycles. The quantitative estimate of drug-likeness (QED) is 0.484. The summed E-state index contributed by atoms with van der Waals surface area (Å²) in [7, 11) is 0. The van der Waals surface area contributed by atoms with E-state index >= 15 is 0 Å². The molecule has 0 unspecified atom stereocenters. The summed E-state index contributed by atoms with van der Waals surface area (Å²) in [5.41, 5.74) is 3.67. The lowest BCUT2D eigenvalue weighted by Crippen LogP contribution is -2.47. The van der Waals surface area contributed by atoms with Crippen LogP contribution in [0.2, 0.25) is 0 Å². The van der Waals surface area contributed by atoms with E-state index in [0.29, 0.717) is 6.61 Å². The summed E-state index contributed by atoms with van der Waals surface area (Å²) in [5.74, 6) is 2.46. The number of hydrogen-bond donors (Lipinski definition) is 0. The Labute approximate surface area is 186 Å². The molecule has 2 aliphatic rings. The lowest BCUT2D eigenvalue weighted by atomic mass is 9.83. The second kappa shape index (κ2) is 7.60. The molecule has 1 aromatic carbocycles. The van der Waals surface area contributed by atoms with Crippen molar-refractivity contribution in [3.63, 3.8) is 0 Å². The Morgan fingerprint density at radius 2 is 1.78 bits per heavy atom. The second-order valence-corrected chi connectivity index (χ2v) is 8.48. The molecular weight excluding hydrogens is 400 g/mol. The van der Waals surface area contributed by atoms with Gasteiger partial charge in [0.15, 0.2) is 11.5 Å². The standard InChI is InChI=1S/C25H24N6O/c1-17-28-23-20(8-5-12-26-23)24(29-17)31-13-10-25(11-14-31)21-19(9-15-32-25)16-27-22(30-21)18-6-3-2-4-7-18/h2-8,12,16H,9-11,13-15H2,1H3. The molecule has 0 radical (unpaired) electrons. The third-order valence-electron chi connectivity index (χ3n) is 6.51. The molecule has 0 saturated carbocycles. The fraction of sp³-hybridized carbons (Fsp3) is 0.320. The van der Waals surface area contributed by atoms with Crippen LogP contribution in [0.3, 0.4) is 0 Å². The summed E-state index contributed by atoms with van der Waals surface area (Å²) in [6, 6.07) is 14.1. The first-order chi connectivity index (χ1) is 15.7. The maximum absolute atomic E-state index is 6.46. The zero-order valence-electron chi connectivity index (χ0n) is 18.0. The Morgan fingerprint density at radius 3 is 2.62 bits per heavy atom. The van der Waals surface area contributed by atoms with E-state index < -0.39 is 0 Å². The zero-order valence-corrected chi connectivity index (χ0v) is 18.0. The third kappa shape index (κ3) is 3.20. The summed E-state index contributed by atoms with van der Waals surface area (Å²) in [6.45, 7) is 4.31. The summed E-state index contributed by atoms with van der Waals surface area (Å²) in [5, 5.41) is 0.993. The zero-order chi connectivity index (χ0) is 21.5. The van der Waals surface area contributed by atoms with Crippen molar-refractivity contribution < 1.29 is 4.74 Å². The number of aryl methyl sites for hydroxylation is 1. The first-order valence-corrected chi connectivity index (χ1v) is 11.1. The normalized spacial score (nSPS) is 17.5. The first-order valence-electron chi connectivity index (χ1n) is 11.1. The topological polar surface area (TPSA) is 76.9 Å². The van der Waals surface area contributed by atoms with E-state index in [0.717, 1.165) is 72.1 Å². The van der Waals surface area contributed by atoms with Crippen LogP contribution in [0.25, 0.3) is 22.4 Å². The van der Waals surface area contributed by atoms with Gasteiger partial charge in [-0.1, -0.05) is 30.3 Å². The number of aromatic nitrogens is 5. The van der Waals surface area contributed by atoms with E-state index in [1.165, 1.54) is 5.56 Å². The van der Waals surface area contributed by atoms with Crippen molar-refractivity contribution in [2.75, 3.05) is 24.6 Å². The predicted octanol–water partition coefficient (Wildman–Crippen LogP) is 3.86. The van der Waals surface area contributed by atoms with Crippen LogP contribution in [0.5, 0.6) is 0 Å². The number of pyridine rings is 1. The molecule has 1 fully saturated rings. The van der Waals surface area contributed by atoms with Gasteiger partial charge in [-0.2, -0.15) is 0 Å². The lowest BCUT2D eigenvalue weighted by Gasteiger charge is -2.44. The predicted molar refractivity (Wildman–Crippen MR) is 122 cm³/mol. The van der Waals surface area contributed by atoms with E-state index in [4.69, 9.17) is 14.7 Å². The average molecular weight is 425 g/mol. The smallest absolute Gasteiger partial charge is 0.164 e. The van der Waals surface area contributed by atoms with Crippen LogP contribution in [0.15, 0.2) is 54.9 Å². The van der Waals surface area contributed by atoms with Crippen LogP contribution in [0.1, 0.15) is 29.9 Å². The number of benzene rings is 1. The second-order valence-electron chi connectivity index (χ2n) is 8.48. The number of ether oxygens (including phenoxy) is 1. The molecule has 0 aliphatic carbocycles. The van der Waals surface area contributed by atoms with Crippen molar-refractivity contribution in [2.45, 2.75) is 31.8 Å². The fourth-order valence-corrected chi connectivity index (χ4v) is 4.89. The highest BCUT2D eigenvalue weighted by molar-refractivity contribution is 5.86. The van der Waals surface area contributed by atoms with Crippen molar-refractivity contribution in [3.8, 4) is 11.4 Å². The molecule has 1 saturated heterocycles. The molecule has 2 aliphatic heterocycles. The van der Waals surface area contributed by atoms with Gasteiger partial charge in [0.2, 0.25) is 0 Å². The van der Waals surface area contributed by atoms with Crippen LogP contribution in [0, 0.1) is 6.92 Å². The fourth-order valence-electron chi connectivity index (χ4n) is 4.89. The van der Waals surface area contributed by atoms with Gasteiger partial charge in [-0.3, -0.25) is 0 Å². The number of piperidine rings is 1. The van der Waals surface area contributed by atoms with E-state index in [-0.39, 0.29) is 5.60 Å². The largest absolute Gasteiger partial charge is 0.368 e. The molecule has 32 heavy (non-hydrogen) atoms. The highest BCUT2D eigenvalue weighted by Crippen LogP contribution is 2.42. The molecule has 160 valence electrons. The van der Waals surface area contributed by atoms with Crippen LogP contribution in [-0.4, -0.2) is 44.6 Å². The Balaban J connectivity index is 1.33. The molecule has 6 rings (SSSR count). The number of nitrogens with zero attached hydrogens (tertiary/aromatic N) is 6. The van der Waals surface area contributed by atoms with Crippen LogP contribution < -0.4 is 4.90 Å². The molecule has 4 aromatic rings. The first kappa shape index (κ1) is 19.3. The van der Waals surface area contributed by atoms with Gasteiger partial charge >= 0.3 is 0 Å². The molecular formula is C25H24N6O. The Bertz CT molecular complexity index is 1280. The number of rotatable bonds is 2. The van der Waals surface area contributed by atoms with Crippen molar-refractivity contribution >= 4 is 16.9 Å². The van der Waals surface area contributed by atoms with Crippen molar-refractivity contribution in [1.82, 2.24) is 24.9 Å². The molecule has 0 N–H and O–H groups in total. The molecule has 3 aromatic heterocycles. The van der Waals surface area contributed by atoms with Crippen molar-refractivity contribution in [3.05, 3.63) is 71.9 Å². The van der Waals surface area contributed by atoms with Crippen molar-refractivity contribution in [2.24, 2.45) is 0 Å². The SMILES string of the molecule is Cc1nc(N2CCC3(CC2)OCCc2cnc(-c4ccccc4)nc23)c2cccnc2n1. The molecule has 1 spiro atoms. The third-order valence-corrected chi connectivity index (χ3v) is 6.51. The van der Waals surface area contributed by atoms with E-state index in [1.807, 2.05) is 43.5 Å². The van der Waals surface area contributed by atoms with Gasteiger partial charge in [-0.15, -0.1) is 0 Å². The Hall–Kier alpha value is -3.45. The highest BCUT2D eigenvalue weighted by atomic mass is 16.5. The average Bonchev–Trinajstić information content (AvgIpc) is 2.85. The maximum Gasteiger partial charge on any atom is 0.164 e. The number of fused-ring (bicyclic) bond motifs is 3. The maximum atomic E-state index is 6.46. The van der Waals surface area contributed by atoms with Crippen LogP contribution in [0.4, 0.5) is 5.82 Å². The van der Waals surface area contributed by atoms with Gasteiger partial charge in [-0.05, 0) is 43.9 Å². The summed E-state index contributed by atoms with van der Waals surface area (Å²) in [4.78, 5) is 25.7. The van der Waals surface area contributed by atoms with E-state index in [1.54, 1.807) is 6.20 Å². The van der Waals surface area contributed by atoms with E-state index in [9.17, 15) is 0 Å². The van der Waals surface area contributed by atoms with Crippen molar-refractivity contribution in [1.29, 1.82) is 0 Å². The number of hydrogen-bond acceptors (Lipinski definition) is 7. The summed E-state index contributed by atoms with van der Waals surface area (Å²) >= 11 is 0. The Morgan fingerprint density at radius 1 is 0.938 bits per heavy atom. The van der Waals surface area contributed by atoms with Gasteiger partial charge in [0.25, 0.3) is 0 Å². The van der Waals surface area contributed by atoms with Crippen LogP contribution >= 0.6 is 0 Å². The van der Waals surface area contributed by atoms with Gasteiger partial charge < -0.3 is 9.64 Å². The monoisotopic (exact) mass is 424 g/mol. The van der Waals surface area contributed by atoms with Gasteiger partial charge in [-0.25, -0.2) is 24.9 Å². The van der Waals surface area contributed by atoms with Gasteiger partial charge in [0, 0.05) is 31.0 Å². The highest BCUT2D eigenvalue weighted by Gasteiger charge is 2.43. The molecule has 7 nitrogen and oxygen atoms in total. The summed E-state index contributed by atoms with van der Waals surface area (Å²) < 4.78 is 6.46. The van der Waals surface area contributed by atoms with Crippen LogP contribution in [-0.2, 0) is 16.8 Å². The van der Waals surface area contributed by atoms with Gasteiger partial charge in [0.1, 0.15) is 17.2 Å². The van der Waals surface area contributed by atoms with E-state index in [2.05, 4.69) is 32.0 Å². The molecule has 7 heteroatoms. The molecule has 0 bridgehead atoms. The minimum absolute atomic E-state index is 0.368. The minimum Gasteiger partial charge on any atom is -0.368 e. The molecule has 0 amide bonds. The lowest BCUT2D eigenvalue weighted by molar-refractivity contribution is -0.0801. The summed E-state index contributed by atoms with van der Waals surface area (Å²) in [6.07, 6.45) is 6.35. The Kier molecular flexibility index (Phi) is 4.57. The molecule has 0 atom stereocenters. The number of anilines is 1. The van der Waals surface area contributed by atoms with Gasteiger partial charge in [0.05, 0.1) is 17.7 Å².